The fourth-order valence-electron chi connectivity index (χ4n) is 4.12. The monoisotopic (exact) mass is 545 g/mol. The van der Waals surface area contributed by atoms with Gasteiger partial charge in [-0.15, -0.1) is 11.3 Å². The van der Waals surface area contributed by atoms with Crippen LogP contribution >= 0.6 is 11.3 Å². The number of anilines is 3. The van der Waals surface area contributed by atoms with Crippen LogP contribution in [0.15, 0.2) is 54.3 Å². The molecule has 202 valence electrons. The minimum atomic E-state index is -4.54. The third-order valence-corrected chi connectivity index (χ3v) is 7.15. The first-order chi connectivity index (χ1) is 18.0. The summed E-state index contributed by atoms with van der Waals surface area (Å²) in [5.74, 6) is -0.523. The fourth-order valence-corrected chi connectivity index (χ4v) is 4.67. The Labute approximate surface area is 223 Å². The summed E-state index contributed by atoms with van der Waals surface area (Å²) >= 11 is 1.40. The predicted molar refractivity (Wildman–Crippen MR) is 146 cm³/mol. The Bertz CT molecular complexity index is 1300. The van der Waals surface area contributed by atoms with Gasteiger partial charge in [-0.1, -0.05) is 6.07 Å². The van der Waals surface area contributed by atoms with E-state index in [0.717, 1.165) is 35.7 Å². The van der Waals surface area contributed by atoms with E-state index in [-0.39, 0.29) is 11.3 Å². The largest absolute Gasteiger partial charge is 0.416 e. The lowest BCUT2D eigenvalue weighted by atomic mass is 10.1. The molecule has 0 spiro atoms. The number of hydrogen-bond acceptors (Lipinski definition) is 8. The summed E-state index contributed by atoms with van der Waals surface area (Å²) in [6.07, 6.45) is -1.20. The summed E-state index contributed by atoms with van der Waals surface area (Å²) < 4.78 is 41.1. The van der Waals surface area contributed by atoms with Gasteiger partial charge in [-0.2, -0.15) is 13.2 Å². The van der Waals surface area contributed by atoms with Crippen LogP contribution in [-0.2, 0) is 6.18 Å². The van der Waals surface area contributed by atoms with Gasteiger partial charge in [0, 0.05) is 62.6 Å². The maximum atomic E-state index is 13.7. The van der Waals surface area contributed by atoms with Crippen LogP contribution in [0.5, 0.6) is 0 Å². The Balaban J connectivity index is 1.61. The smallest absolute Gasteiger partial charge is 0.396 e. The van der Waals surface area contributed by atoms with Crippen molar-refractivity contribution in [1.82, 2.24) is 15.3 Å². The van der Waals surface area contributed by atoms with E-state index in [4.69, 9.17) is 5.73 Å². The quantitative estimate of drug-likeness (QED) is 0.380. The maximum Gasteiger partial charge on any atom is 0.416 e. The second-order valence-corrected chi connectivity index (χ2v) is 9.94. The van der Waals surface area contributed by atoms with E-state index in [1.807, 2.05) is 18.9 Å². The summed E-state index contributed by atoms with van der Waals surface area (Å²) in [5.41, 5.74) is 12.9. The summed E-state index contributed by atoms with van der Waals surface area (Å²) in [7, 11) is 3.69. The van der Waals surface area contributed by atoms with Gasteiger partial charge in [0.15, 0.2) is 0 Å². The molecule has 0 saturated carbocycles. The topological polar surface area (TPSA) is 89.8 Å². The number of carbonyl (C=O) groups is 1. The van der Waals surface area contributed by atoms with Gasteiger partial charge >= 0.3 is 6.18 Å². The SMILES string of the molecule is CNN(/C=C(\N)c1cncs1)c1cc(C(=O)Nc2cc(N3CCN(C)CC3)cc(C(F)(F)F)c2)ccc1C. The van der Waals surface area contributed by atoms with E-state index in [2.05, 4.69) is 20.6 Å². The van der Waals surface area contributed by atoms with Crippen LogP contribution < -0.4 is 26.4 Å². The predicted octanol–water partition coefficient (Wildman–Crippen LogP) is 4.37. The second kappa shape index (κ2) is 11.4. The summed E-state index contributed by atoms with van der Waals surface area (Å²) in [4.78, 5) is 22.0. The van der Waals surface area contributed by atoms with Gasteiger partial charge in [0.25, 0.3) is 5.91 Å². The molecule has 0 aliphatic carbocycles. The van der Waals surface area contributed by atoms with E-state index in [9.17, 15) is 18.0 Å². The van der Waals surface area contributed by atoms with Gasteiger partial charge in [0.05, 0.1) is 27.3 Å². The molecule has 0 atom stereocenters. The molecular weight excluding hydrogens is 515 g/mol. The van der Waals surface area contributed by atoms with E-state index >= 15 is 0 Å². The van der Waals surface area contributed by atoms with E-state index < -0.39 is 17.6 Å². The van der Waals surface area contributed by atoms with Crippen LogP contribution in [-0.4, -0.2) is 56.1 Å². The summed E-state index contributed by atoms with van der Waals surface area (Å²) in [5, 5.41) is 4.34. The average molecular weight is 546 g/mol. The normalized spacial score (nSPS) is 15.0. The number of halogens is 3. The first-order valence-electron chi connectivity index (χ1n) is 12.0. The van der Waals surface area contributed by atoms with Crippen molar-refractivity contribution in [2.45, 2.75) is 13.1 Å². The highest BCUT2D eigenvalue weighted by Crippen LogP contribution is 2.35. The number of carbonyl (C=O) groups excluding carboxylic acids is 1. The molecule has 2 heterocycles. The van der Waals surface area contributed by atoms with Crippen LogP contribution in [0.4, 0.5) is 30.2 Å². The Morgan fingerprint density at radius 3 is 2.53 bits per heavy atom. The number of thiazole rings is 1. The van der Waals surface area contributed by atoms with E-state index in [1.54, 1.807) is 54.2 Å². The van der Waals surface area contributed by atoms with Crippen LogP contribution in [0.3, 0.4) is 0 Å². The summed E-state index contributed by atoms with van der Waals surface area (Å²) in [6.45, 7) is 4.57. The molecule has 4 N–H and O–H groups in total. The molecule has 3 aromatic rings. The maximum absolute atomic E-state index is 13.7. The molecule has 1 fully saturated rings. The van der Waals surface area contributed by atoms with Crippen molar-refractivity contribution >= 4 is 40.0 Å². The number of rotatable bonds is 7. The minimum absolute atomic E-state index is 0.0840. The number of aryl methyl sites for hydroxylation is 1. The van der Waals surface area contributed by atoms with E-state index in [1.165, 1.54) is 11.3 Å². The highest BCUT2D eigenvalue weighted by atomic mass is 32.1. The standard InChI is InChI=1S/C26H30F3N7OS/c1-17-4-5-18(10-23(17)36(31-2)15-22(30)24-14-32-16-38-24)25(37)33-20-11-19(26(27,28)29)12-21(13-20)35-8-6-34(3)7-9-35/h4-5,10-16,31H,6-9,30H2,1-3H3,(H,33,37)/b22-15-. The van der Waals surface area contributed by atoms with E-state index in [0.29, 0.717) is 30.2 Å². The molecule has 1 saturated heterocycles. The number of piperazine rings is 1. The average Bonchev–Trinajstić information content (AvgIpc) is 3.43. The molecule has 1 aromatic heterocycles. The molecular formula is C26H30F3N7OS. The number of nitrogens with two attached hydrogens (primary N) is 1. The summed E-state index contributed by atoms with van der Waals surface area (Å²) in [6, 6.07) is 8.75. The van der Waals surface area contributed by atoms with Crippen LogP contribution in [0.25, 0.3) is 5.70 Å². The molecule has 0 unspecified atom stereocenters. The third kappa shape index (κ3) is 6.44. The molecule has 0 radical (unpaired) electrons. The minimum Gasteiger partial charge on any atom is -0.396 e. The van der Waals surface area contributed by atoms with Crippen molar-refractivity contribution < 1.29 is 18.0 Å². The lowest BCUT2D eigenvalue weighted by Crippen LogP contribution is -2.44. The molecule has 0 bridgehead atoms. The highest BCUT2D eigenvalue weighted by Gasteiger charge is 2.32. The van der Waals surface area contributed by atoms with Crippen molar-refractivity contribution in [3.8, 4) is 0 Å². The molecule has 8 nitrogen and oxygen atoms in total. The highest BCUT2D eigenvalue weighted by molar-refractivity contribution is 7.10. The zero-order valence-electron chi connectivity index (χ0n) is 21.3. The Morgan fingerprint density at radius 2 is 1.89 bits per heavy atom. The molecule has 12 heteroatoms. The molecule has 38 heavy (non-hydrogen) atoms. The Hall–Kier alpha value is -3.61. The van der Waals surface area contributed by atoms with Crippen molar-refractivity contribution in [2.24, 2.45) is 5.73 Å². The zero-order chi connectivity index (χ0) is 27.4. The Kier molecular flexibility index (Phi) is 8.24. The lowest BCUT2D eigenvalue weighted by Gasteiger charge is -2.34. The first-order valence-corrected chi connectivity index (χ1v) is 12.8. The van der Waals surface area contributed by atoms with Crippen LogP contribution in [0.2, 0.25) is 0 Å². The number of benzene rings is 2. The molecule has 1 aliphatic rings. The van der Waals surface area contributed by atoms with Crippen LogP contribution in [0.1, 0.15) is 26.4 Å². The molecule has 1 amide bonds. The first kappa shape index (κ1) is 27.4. The van der Waals surface area contributed by atoms with Crippen molar-refractivity contribution in [2.75, 3.05) is 55.5 Å². The number of alkyl halides is 3. The van der Waals surface area contributed by atoms with Crippen molar-refractivity contribution in [3.63, 3.8) is 0 Å². The number of hydrazine groups is 1. The second-order valence-electron chi connectivity index (χ2n) is 9.06. The van der Waals surface area contributed by atoms with Crippen molar-refractivity contribution in [3.05, 3.63) is 75.9 Å². The number of nitrogens with one attached hydrogen (secondary N) is 2. The number of hydrogen-bond donors (Lipinski definition) is 3. The Morgan fingerprint density at radius 1 is 1.16 bits per heavy atom. The van der Waals surface area contributed by atoms with Gasteiger partial charge in [-0.05, 0) is 49.9 Å². The van der Waals surface area contributed by atoms with Gasteiger partial charge in [0.2, 0.25) is 0 Å². The van der Waals surface area contributed by atoms with Crippen molar-refractivity contribution in [1.29, 1.82) is 0 Å². The van der Waals surface area contributed by atoms with Gasteiger partial charge in [-0.3, -0.25) is 14.8 Å². The third-order valence-electron chi connectivity index (χ3n) is 6.33. The van der Waals surface area contributed by atoms with Crippen LogP contribution in [0, 0.1) is 6.92 Å². The fraction of sp³-hybridized carbons (Fsp3) is 0.308. The number of nitrogens with zero attached hydrogens (tertiary/aromatic N) is 4. The number of likely N-dealkylation sites (N-methyl/N-ethyl adjacent to an activating group) is 1. The molecule has 4 rings (SSSR count). The molecule has 2 aromatic carbocycles. The number of aromatic nitrogens is 1. The lowest BCUT2D eigenvalue weighted by molar-refractivity contribution is -0.137. The van der Waals surface area contributed by atoms with Gasteiger partial charge in [0.1, 0.15) is 0 Å². The van der Waals surface area contributed by atoms with Gasteiger partial charge in [-0.25, -0.2) is 5.43 Å². The van der Waals surface area contributed by atoms with Gasteiger partial charge < -0.3 is 20.9 Å². The molecule has 1 aliphatic heterocycles. The zero-order valence-corrected chi connectivity index (χ0v) is 22.2. The number of amides is 1.